The Morgan fingerprint density at radius 2 is 1.96 bits per heavy atom. The van der Waals surface area contributed by atoms with Crippen LogP contribution >= 0.6 is 11.6 Å². The lowest BCUT2D eigenvalue weighted by Gasteiger charge is -2.12. The van der Waals surface area contributed by atoms with Gasteiger partial charge in [-0.05, 0) is 55.5 Å². The SMILES string of the molecule is CCn1ccc(CNC(=O)c2ccc(OC)c(COc3ccc(Cl)cc3)c2)n1. The number of hydrogen-bond donors (Lipinski definition) is 1. The van der Waals surface area contributed by atoms with Crippen LogP contribution < -0.4 is 14.8 Å². The Labute approximate surface area is 169 Å². The topological polar surface area (TPSA) is 65.4 Å². The highest BCUT2D eigenvalue weighted by molar-refractivity contribution is 6.30. The highest BCUT2D eigenvalue weighted by Gasteiger charge is 2.11. The molecule has 3 rings (SSSR count). The summed E-state index contributed by atoms with van der Waals surface area (Å²) < 4.78 is 13.0. The van der Waals surface area contributed by atoms with Crippen molar-refractivity contribution in [3.63, 3.8) is 0 Å². The first-order valence-electron chi connectivity index (χ1n) is 8.95. The molecule has 1 heterocycles. The summed E-state index contributed by atoms with van der Waals surface area (Å²) in [5.41, 5.74) is 2.13. The molecule has 7 heteroatoms. The average molecular weight is 400 g/mol. The van der Waals surface area contributed by atoms with Crippen LogP contribution in [0.3, 0.4) is 0 Å². The van der Waals surface area contributed by atoms with Gasteiger partial charge in [0.1, 0.15) is 18.1 Å². The zero-order valence-corrected chi connectivity index (χ0v) is 16.6. The fourth-order valence-electron chi connectivity index (χ4n) is 2.67. The Morgan fingerprint density at radius 3 is 2.64 bits per heavy atom. The van der Waals surface area contributed by atoms with Crippen LogP contribution in [0.25, 0.3) is 0 Å². The molecule has 1 aromatic heterocycles. The van der Waals surface area contributed by atoms with Crippen molar-refractivity contribution in [3.8, 4) is 11.5 Å². The highest BCUT2D eigenvalue weighted by Crippen LogP contribution is 2.23. The third kappa shape index (κ3) is 5.04. The van der Waals surface area contributed by atoms with E-state index in [1.165, 1.54) is 0 Å². The van der Waals surface area contributed by atoms with Crippen LogP contribution in [-0.2, 0) is 19.7 Å². The van der Waals surface area contributed by atoms with E-state index in [0.717, 1.165) is 17.8 Å². The third-order valence-electron chi connectivity index (χ3n) is 4.20. The lowest BCUT2D eigenvalue weighted by Crippen LogP contribution is -2.23. The van der Waals surface area contributed by atoms with Gasteiger partial charge in [0.05, 0.1) is 19.3 Å². The Bertz CT molecular complexity index is 938. The number of nitrogens with one attached hydrogen (secondary N) is 1. The monoisotopic (exact) mass is 399 g/mol. The van der Waals surface area contributed by atoms with Crippen molar-refractivity contribution < 1.29 is 14.3 Å². The molecule has 0 aliphatic rings. The van der Waals surface area contributed by atoms with Gasteiger partial charge in [-0.3, -0.25) is 9.48 Å². The molecule has 2 aromatic carbocycles. The van der Waals surface area contributed by atoms with Crippen molar-refractivity contribution in [2.75, 3.05) is 7.11 Å². The number of ether oxygens (including phenoxy) is 2. The summed E-state index contributed by atoms with van der Waals surface area (Å²) in [7, 11) is 1.59. The predicted molar refractivity (Wildman–Crippen MR) is 108 cm³/mol. The summed E-state index contributed by atoms with van der Waals surface area (Å²) in [6.45, 7) is 3.45. The Kier molecular flexibility index (Phi) is 6.55. The fourth-order valence-corrected chi connectivity index (χ4v) is 2.80. The van der Waals surface area contributed by atoms with Crippen molar-refractivity contribution in [2.45, 2.75) is 26.6 Å². The Balaban J connectivity index is 1.66. The molecule has 0 atom stereocenters. The van der Waals surface area contributed by atoms with Crippen LogP contribution in [-0.4, -0.2) is 22.8 Å². The Morgan fingerprint density at radius 1 is 1.18 bits per heavy atom. The molecule has 0 saturated heterocycles. The maximum atomic E-state index is 12.5. The van der Waals surface area contributed by atoms with Crippen LogP contribution in [0.5, 0.6) is 11.5 Å². The number of halogens is 1. The molecule has 6 nitrogen and oxygen atoms in total. The lowest BCUT2D eigenvalue weighted by atomic mass is 10.1. The molecule has 0 fully saturated rings. The van der Waals surface area contributed by atoms with Gasteiger partial charge in [-0.2, -0.15) is 5.10 Å². The molecular formula is C21H22ClN3O3. The summed E-state index contributed by atoms with van der Waals surface area (Å²) >= 11 is 5.89. The molecule has 28 heavy (non-hydrogen) atoms. The van der Waals surface area contributed by atoms with E-state index in [1.54, 1.807) is 49.6 Å². The second kappa shape index (κ2) is 9.28. The molecule has 0 saturated carbocycles. The van der Waals surface area contributed by atoms with Gasteiger partial charge in [0, 0.05) is 28.9 Å². The standard InChI is InChI=1S/C21H22ClN3O3/c1-3-25-11-10-18(24-25)13-23-21(26)15-4-9-20(27-2)16(12-15)14-28-19-7-5-17(22)6-8-19/h4-12H,3,13-14H2,1-2H3,(H,23,26). The van der Waals surface area contributed by atoms with Crippen molar-refractivity contribution in [2.24, 2.45) is 0 Å². The van der Waals surface area contributed by atoms with E-state index >= 15 is 0 Å². The molecule has 0 spiro atoms. The molecule has 146 valence electrons. The maximum Gasteiger partial charge on any atom is 0.251 e. The first-order chi connectivity index (χ1) is 13.6. The number of carbonyl (C=O) groups is 1. The van der Waals surface area contributed by atoms with Gasteiger partial charge in [0.15, 0.2) is 0 Å². The second-order valence-electron chi connectivity index (χ2n) is 6.11. The molecule has 1 amide bonds. The third-order valence-corrected chi connectivity index (χ3v) is 4.45. The van der Waals surface area contributed by atoms with E-state index in [9.17, 15) is 4.79 Å². The highest BCUT2D eigenvalue weighted by atomic mass is 35.5. The summed E-state index contributed by atoms with van der Waals surface area (Å²) in [5, 5.41) is 7.89. The zero-order valence-electron chi connectivity index (χ0n) is 15.8. The smallest absolute Gasteiger partial charge is 0.251 e. The normalized spacial score (nSPS) is 10.5. The maximum absolute atomic E-state index is 12.5. The van der Waals surface area contributed by atoms with Crippen molar-refractivity contribution >= 4 is 17.5 Å². The van der Waals surface area contributed by atoms with Gasteiger partial charge in [-0.15, -0.1) is 0 Å². The number of carbonyl (C=O) groups excluding carboxylic acids is 1. The number of aromatic nitrogens is 2. The summed E-state index contributed by atoms with van der Waals surface area (Å²) in [6, 6.07) is 14.3. The molecule has 1 N–H and O–H groups in total. The van der Waals surface area contributed by atoms with Gasteiger partial charge in [0.2, 0.25) is 0 Å². The van der Waals surface area contributed by atoms with Crippen LogP contribution in [0.4, 0.5) is 0 Å². The van der Waals surface area contributed by atoms with Crippen LogP contribution in [0, 0.1) is 0 Å². The van der Waals surface area contributed by atoms with Gasteiger partial charge in [-0.25, -0.2) is 0 Å². The molecule has 0 aliphatic heterocycles. The van der Waals surface area contributed by atoms with Crippen molar-refractivity contribution in [1.29, 1.82) is 0 Å². The van der Waals surface area contributed by atoms with Crippen LogP contribution in [0.2, 0.25) is 5.02 Å². The van der Waals surface area contributed by atoms with Gasteiger partial charge in [-0.1, -0.05) is 11.6 Å². The lowest BCUT2D eigenvalue weighted by molar-refractivity contribution is 0.0950. The second-order valence-corrected chi connectivity index (χ2v) is 6.55. The van der Waals surface area contributed by atoms with E-state index < -0.39 is 0 Å². The molecule has 0 bridgehead atoms. The largest absolute Gasteiger partial charge is 0.496 e. The molecule has 0 aliphatic carbocycles. The molecule has 3 aromatic rings. The average Bonchev–Trinajstić information content (AvgIpc) is 3.19. The van der Waals surface area contributed by atoms with Gasteiger partial charge < -0.3 is 14.8 Å². The summed E-state index contributed by atoms with van der Waals surface area (Å²) in [5.74, 6) is 1.17. The molecule has 0 radical (unpaired) electrons. The fraction of sp³-hybridized carbons (Fsp3) is 0.238. The Hall–Kier alpha value is -2.99. The van der Waals surface area contributed by atoms with Crippen LogP contribution in [0.1, 0.15) is 28.5 Å². The quantitative estimate of drug-likeness (QED) is 0.620. The first kappa shape index (κ1) is 19.8. The number of amides is 1. The molecule has 0 unspecified atom stereocenters. The number of benzene rings is 2. The van der Waals surface area contributed by atoms with Gasteiger partial charge >= 0.3 is 0 Å². The van der Waals surface area contributed by atoms with E-state index in [-0.39, 0.29) is 12.5 Å². The minimum atomic E-state index is -0.179. The predicted octanol–water partition coefficient (Wildman–Crippen LogP) is 4.07. The summed E-state index contributed by atoms with van der Waals surface area (Å²) in [4.78, 5) is 12.5. The first-order valence-corrected chi connectivity index (χ1v) is 9.32. The minimum absolute atomic E-state index is 0.179. The number of methoxy groups -OCH3 is 1. The van der Waals surface area contributed by atoms with E-state index in [1.807, 2.05) is 23.9 Å². The van der Waals surface area contributed by atoms with Crippen molar-refractivity contribution in [1.82, 2.24) is 15.1 Å². The van der Waals surface area contributed by atoms with E-state index in [2.05, 4.69) is 10.4 Å². The zero-order chi connectivity index (χ0) is 19.9. The molecular weight excluding hydrogens is 378 g/mol. The van der Waals surface area contributed by atoms with E-state index in [4.69, 9.17) is 21.1 Å². The van der Waals surface area contributed by atoms with Gasteiger partial charge in [0.25, 0.3) is 5.91 Å². The van der Waals surface area contributed by atoms with Crippen LogP contribution in [0.15, 0.2) is 54.7 Å². The number of nitrogens with zero attached hydrogens (tertiary/aromatic N) is 2. The van der Waals surface area contributed by atoms with E-state index in [0.29, 0.717) is 28.6 Å². The summed E-state index contributed by atoms with van der Waals surface area (Å²) in [6.07, 6.45) is 1.89. The number of aryl methyl sites for hydroxylation is 1. The number of rotatable bonds is 8. The minimum Gasteiger partial charge on any atom is -0.496 e. The number of hydrogen-bond acceptors (Lipinski definition) is 4. The van der Waals surface area contributed by atoms with Crippen molar-refractivity contribution in [3.05, 3.63) is 76.6 Å².